The summed E-state index contributed by atoms with van der Waals surface area (Å²) in [6.07, 6.45) is 0. The zero-order chi connectivity index (χ0) is 2.71. The second kappa shape index (κ2) is 9.42. The monoisotopic (exact) mass is 229 g/mol. The van der Waals surface area contributed by atoms with Crippen LogP contribution < -0.4 is 0 Å². The van der Waals surface area contributed by atoms with E-state index in [4.69, 9.17) is 5.11 Å². The van der Waals surface area contributed by atoms with Gasteiger partial charge in [-0.1, -0.05) is 0 Å². The van der Waals surface area contributed by atoms with E-state index in [1.54, 1.807) is 6.92 Å². The van der Waals surface area contributed by atoms with Crippen molar-refractivity contribution in [1.82, 2.24) is 0 Å². The van der Waals surface area contributed by atoms with Gasteiger partial charge in [0.15, 0.2) is 0 Å². The molecule has 0 radical (unpaired) electrons. The molecule has 4 heavy (non-hydrogen) atoms. The van der Waals surface area contributed by atoms with Gasteiger partial charge in [0.05, 0.1) is 0 Å². The number of rotatable bonds is 0. The topological polar surface area (TPSA) is 20.2 Å². The average Bonchev–Trinajstić information content (AvgIpc) is 0.918. The molecule has 26 valence electrons. The van der Waals surface area contributed by atoms with Gasteiger partial charge in [0.25, 0.3) is 0 Å². The number of aliphatic hydroxyl groups excluding tert-OH is 1. The van der Waals surface area contributed by atoms with E-state index in [-0.39, 0.29) is 21.1 Å². The van der Waals surface area contributed by atoms with Crippen molar-refractivity contribution in [3.63, 3.8) is 0 Å². The summed E-state index contributed by atoms with van der Waals surface area (Å²) in [7, 11) is 0. The fourth-order valence-electron chi connectivity index (χ4n) is 0. The van der Waals surface area contributed by atoms with E-state index in [0.717, 1.165) is 6.61 Å². The smallest absolute Gasteiger partial charge is 0 e. The van der Waals surface area contributed by atoms with Gasteiger partial charge in [-0.05, 0) is 0 Å². The molecule has 0 aromatic rings. The van der Waals surface area contributed by atoms with Crippen LogP contribution in [0.5, 0.6) is 0 Å². The fourth-order valence-corrected chi connectivity index (χ4v) is 0. The molecule has 0 aromatic carbocycles. The molecule has 1 nitrogen and oxygen atoms in total. The third-order valence-corrected chi connectivity index (χ3v) is 0. The van der Waals surface area contributed by atoms with Gasteiger partial charge in [-0.25, -0.2) is 6.61 Å². The largest absolute Gasteiger partial charge is 0.566 e. The number of hydrogen-bond acceptors (Lipinski definition) is 1. The van der Waals surface area contributed by atoms with E-state index in [1.807, 2.05) is 0 Å². The van der Waals surface area contributed by atoms with Crippen LogP contribution in [0.15, 0.2) is 0 Å². The SMILES string of the molecule is C[CH-]O.[W]. The average molecular weight is 229 g/mol. The van der Waals surface area contributed by atoms with Crippen LogP contribution in [0, 0.1) is 6.61 Å². The van der Waals surface area contributed by atoms with Gasteiger partial charge in [-0.2, -0.15) is 6.92 Å². The Morgan fingerprint density at radius 1 is 1.75 bits per heavy atom. The fraction of sp³-hybridized carbons (Fsp3) is 0.500. The van der Waals surface area contributed by atoms with Gasteiger partial charge in [0, 0.05) is 21.1 Å². The molecule has 0 atom stereocenters. The van der Waals surface area contributed by atoms with Crippen molar-refractivity contribution in [3.05, 3.63) is 6.61 Å². The Morgan fingerprint density at radius 3 is 1.75 bits per heavy atom. The maximum atomic E-state index is 7.44. The van der Waals surface area contributed by atoms with E-state index in [9.17, 15) is 0 Å². The Hall–Kier alpha value is 0.648. The minimum atomic E-state index is 0. The third kappa shape index (κ3) is 17.1. The predicted octanol–water partition coefficient (Wildman–Crippen LogP) is 0.538. The Labute approximate surface area is 40.3 Å². The Bertz CT molecular complexity index is 6.00. The van der Waals surface area contributed by atoms with Gasteiger partial charge in [-0.15, -0.1) is 0 Å². The molecule has 0 saturated heterocycles. The maximum absolute atomic E-state index is 7.44. The summed E-state index contributed by atoms with van der Waals surface area (Å²) in [5, 5.41) is 7.44. The molecule has 0 bridgehead atoms. The van der Waals surface area contributed by atoms with Crippen LogP contribution in [0.3, 0.4) is 0 Å². The number of aliphatic hydroxyl groups is 1. The molecule has 0 unspecified atom stereocenters. The summed E-state index contributed by atoms with van der Waals surface area (Å²) in [5.74, 6) is 0. The Morgan fingerprint density at radius 2 is 1.75 bits per heavy atom. The molecule has 0 aromatic heterocycles. The molecule has 1 N–H and O–H groups in total. The first kappa shape index (κ1) is 8.82. The molecule has 2 heteroatoms. The first-order valence-corrected chi connectivity index (χ1v) is 0.836. The van der Waals surface area contributed by atoms with Crippen molar-refractivity contribution in [2.24, 2.45) is 0 Å². The quantitative estimate of drug-likeness (QED) is 0.601. The van der Waals surface area contributed by atoms with Crippen molar-refractivity contribution in [1.29, 1.82) is 0 Å². The summed E-state index contributed by atoms with van der Waals surface area (Å²) in [5.41, 5.74) is 0. The van der Waals surface area contributed by atoms with Crippen LogP contribution in [0.4, 0.5) is 0 Å². The predicted molar refractivity (Wildman–Crippen MR) is 11.9 cm³/mol. The van der Waals surface area contributed by atoms with Crippen LogP contribution in [0.1, 0.15) is 6.92 Å². The number of hydrogen-bond donors (Lipinski definition) is 1. The molecule has 0 heterocycles. The molecule has 0 fully saturated rings. The zero-order valence-corrected chi connectivity index (χ0v) is 5.37. The summed E-state index contributed by atoms with van der Waals surface area (Å²) in [4.78, 5) is 0. The van der Waals surface area contributed by atoms with E-state index in [1.165, 1.54) is 0 Å². The molecule has 0 rings (SSSR count). The summed E-state index contributed by atoms with van der Waals surface area (Å²) in [6, 6.07) is 0. The molecule has 0 aliphatic rings. The van der Waals surface area contributed by atoms with Crippen LogP contribution in [0.2, 0.25) is 0 Å². The first-order chi connectivity index (χ1) is 1.41. The second-order valence-electron chi connectivity index (χ2n) is 0.258. The van der Waals surface area contributed by atoms with Crippen LogP contribution in [0.25, 0.3) is 0 Å². The molecule has 0 aliphatic heterocycles. The Kier molecular flexibility index (Phi) is 20.8. The minimum absolute atomic E-state index is 0. The molecule has 0 spiro atoms. The maximum Gasteiger partial charge on any atom is 0 e. The van der Waals surface area contributed by atoms with Crippen molar-refractivity contribution < 1.29 is 26.2 Å². The third-order valence-electron chi connectivity index (χ3n) is 0. The van der Waals surface area contributed by atoms with E-state index in [0.29, 0.717) is 0 Å². The zero-order valence-electron chi connectivity index (χ0n) is 2.43. The minimum Gasteiger partial charge on any atom is -0.566 e. The van der Waals surface area contributed by atoms with Crippen LogP contribution in [-0.4, -0.2) is 5.11 Å². The standard InChI is InChI=1S/C2H5O.W/c1-2-3;/h2-3H,1H3;/q-1;. The molecular weight excluding hydrogens is 224 g/mol. The van der Waals surface area contributed by atoms with Gasteiger partial charge in [0.1, 0.15) is 0 Å². The van der Waals surface area contributed by atoms with Crippen molar-refractivity contribution in [2.75, 3.05) is 0 Å². The van der Waals surface area contributed by atoms with Crippen molar-refractivity contribution in [3.8, 4) is 0 Å². The van der Waals surface area contributed by atoms with Gasteiger partial charge in [-0.3, -0.25) is 0 Å². The summed E-state index contributed by atoms with van der Waals surface area (Å²) >= 11 is 0. The van der Waals surface area contributed by atoms with Crippen molar-refractivity contribution >= 4 is 0 Å². The first-order valence-electron chi connectivity index (χ1n) is 0.836. The van der Waals surface area contributed by atoms with Crippen LogP contribution in [-0.2, 0) is 21.1 Å². The Balaban J connectivity index is 0. The molecule has 0 saturated carbocycles. The van der Waals surface area contributed by atoms with E-state index >= 15 is 0 Å². The normalized spacial score (nSPS) is 4.50. The summed E-state index contributed by atoms with van der Waals surface area (Å²) in [6.45, 7) is 2.56. The van der Waals surface area contributed by atoms with Gasteiger partial charge < -0.3 is 5.11 Å². The van der Waals surface area contributed by atoms with Gasteiger partial charge >= 0.3 is 0 Å². The molecule has 0 aliphatic carbocycles. The summed E-state index contributed by atoms with van der Waals surface area (Å²) < 4.78 is 0. The van der Waals surface area contributed by atoms with E-state index in [2.05, 4.69) is 0 Å². The van der Waals surface area contributed by atoms with Gasteiger partial charge in [0.2, 0.25) is 0 Å². The van der Waals surface area contributed by atoms with Crippen molar-refractivity contribution in [2.45, 2.75) is 6.92 Å². The molecule has 0 amide bonds. The second-order valence-corrected chi connectivity index (χ2v) is 0.258. The van der Waals surface area contributed by atoms with E-state index < -0.39 is 0 Å². The van der Waals surface area contributed by atoms with Crippen LogP contribution >= 0.6 is 0 Å². The molecular formula is C2H5OW-.